The molecule has 2 N–H and O–H groups in total. The third kappa shape index (κ3) is 4.36. The summed E-state index contributed by atoms with van der Waals surface area (Å²) in [6.45, 7) is 11.2. The Kier molecular flexibility index (Phi) is 6.82. The van der Waals surface area contributed by atoms with Gasteiger partial charge in [0.1, 0.15) is 5.75 Å². The van der Waals surface area contributed by atoms with E-state index in [-0.39, 0.29) is 17.8 Å². The van der Waals surface area contributed by atoms with Crippen molar-refractivity contribution in [2.75, 3.05) is 44.8 Å². The van der Waals surface area contributed by atoms with Crippen molar-refractivity contribution < 1.29 is 24.0 Å². The second-order valence-corrected chi connectivity index (χ2v) is 7.77. The summed E-state index contributed by atoms with van der Waals surface area (Å²) in [5, 5.41) is 0. The number of nitrogens with zero attached hydrogens (tertiary/aromatic N) is 1. The van der Waals surface area contributed by atoms with Crippen LogP contribution in [0.25, 0.3) is 0 Å². The quantitative estimate of drug-likeness (QED) is 0.534. The van der Waals surface area contributed by atoms with Crippen molar-refractivity contribution in [3.63, 3.8) is 0 Å². The van der Waals surface area contributed by atoms with Gasteiger partial charge in [-0.3, -0.25) is 4.79 Å². The normalized spacial score (nSPS) is 15.7. The Morgan fingerprint density at radius 3 is 2.37 bits per heavy atom. The Morgan fingerprint density at radius 2 is 1.80 bits per heavy atom. The van der Waals surface area contributed by atoms with Crippen LogP contribution in [0.5, 0.6) is 5.75 Å². The van der Waals surface area contributed by atoms with Crippen molar-refractivity contribution in [1.82, 2.24) is 4.98 Å². The minimum Gasteiger partial charge on any atom is -0.497 e. The maximum atomic E-state index is 13.2. The Morgan fingerprint density at radius 1 is 1.17 bits per heavy atom. The summed E-state index contributed by atoms with van der Waals surface area (Å²) in [7, 11) is 1.67. The molecular weight excluding hydrogens is 382 g/mol. The van der Waals surface area contributed by atoms with E-state index in [1.165, 1.54) is 10.6 Å². The largest absolute Gasteiger partial charge is 0.497 e. The number of aryl methyl sites for hydroxylation is 1. The van der Waals surface area contributed by atoms with E-state index < -0.39 is 0 Å². The predicted molar refractivity (Wildman–Crippen MR) is 116 cm³/mol. The van der Waals surface area contributed by atoms with Gasteiger partial charge in [-0.05, 0) is 57.5 Å². The van der Waals surface area contributed by atoms with Crippen LogP contribution in [-0.2, 0) is 4.74 Å². The first-order chi connectivity index (χ1) is 14.4. The number of hydrogen-bond donors (Lipinski definition) is 2. The molecular formula is C23H32N3O4+. The number of piperazine rings is 1. The lowest BCUT2D eigenvalue weighted by Gasteiger charge is -2.36. The molecule has 2 heterocycles. The molecule has 1 fully saturated rings. The summed E-state index contributed by atoms with van der Waals surface area (Å²) in [6.07, 6.45) is 0. The lowest BCUT2D eigenvalue weighted by atomic mass is 10.0. The van der Waals surface area contributed by atoms with Crippen LogP contribution in [0.15, 0.2) is 24.3 Å². The molecule has 0 radical (unpaired) electrons. The Balaban J connectivity index is 1.66. The summed E-state index contributed by atoms with van der Waals surface area (Å²) in [6, 6.07) is 7.90. The Labute approximate surface area is 178 Å². The first-order valence-corrected chi connectivity index (χ1v) is 10.5. The van der Waals surface area contributed by atoms with E-state index in [0.717, 1.165) is 31.9 Å². The highest BCUT2D eigenvalue weighted by molar-refractivity contribution is 6.03. The van der Waals surface area contributed by atoms with E-state index in [1.54, 1.807) is 21.0 Å². The van der Waals surface area contributed by atoms with Crippen LogP contribution >= 0.6 is 0 Å². The van der Waals surface area contributed by atoms with Crippen LogP contribution in [0.2, 0.25) is 0 Å². The summed E-state index contributed by atoms with van der Waals surface area (Å²) in [5.41, 5.74) is 3.53. The molecule has 1 aromatic heterocycles. The number of benzene rings is 1. The van der Waals surface area contributed by atoms with Crippen LogP contribution in [0.3, 0.4) is 0 Å². The third-order valence-corrected chi connectivity index (χ3v) is 6.01. The first kappa shape index (κ1) is 21.9. The maximum absolute atomic E-state index is 13.2. The standard InChI is InChI=1S/C23H31N3O4/c1-6-30-23(28)20-15(2)21(24-16(20)3)22(27)17(4)25-11-13-26(14-12-25)18-7-9-19(29-5)10-8-18/h7-10,17,24H,6,11-14H2,1-5H3/p+1/t17-/m1/s1. The molecule has 1 aliphatic heterocycles. The van der Waals surface area contributed by atoms with Gasteiger partial charge < -0.3 is 24.3 Å². The number of anilines is 1. The molecule has 3 rings (SSSR count). The summed E-state index contributed by atoms with van der Waals surface area (Å²) < 4.78 is 10.4. The van der Waals surface area contributed by atoms with Crippen LogP contribution < -0.4 is 14.5 Å². The molecule has 30 heavy (non-hydrogen) atoms. The lowest BCUT2D eigenvalue weighted by molar-refractivity contribution is -0.914. The average molecular weight is 415 g/mol. The number of nitrogens with one attached hydrogen (secondary N) is 2. The Bertz CT molecular complexity index is 896. The number of aromatic amines is 1. The zero-order chi connectivity index (χ0) is 21.8. The van der Waals surface area contributed by atoms with E-state index in [9.17, 15) is 9.59 Å². The van der Waals surface area contributed by atoms with Crippen molar-refractivity contribution in [1.29, 1.82) is 0 Å². The van der Waals surface area contributed by atoms with Gasteiger partial charge >= 0.3 is 5.97 Å². The van der Waals surface area contributed by atoms with Gasteiger partial charge in [0.05, 0.1) is 51.2 Å². The maximum Gasteiger partial charge on any atom is 0.340 e. The molecule has 0 saturated carbocycles. The monoisotopic (exact) mass is 414 g/mol. The molecule has 7 nitrogen and oxygen atoms in total. The Hall–Kier alpha value is -2.80. The van der Waals surface area contributed by atoms with E-state index in [0.29, 0.717) is 29.1 Å². The van der Waals surface area contributed by atoms with Gasteiger partial charge in [-0.15, -0.1) is 0 Å². The number of carbonyl (C=O) groups is 2. The second kappa shape index (κ2) is 9.34. The molecule has 162 valence electrons. The highest BCUT2D eigenvalue weighted by Crippen LogP contribution is 2.21. The number of esters is 1. The lowest BCUT2D eigenvalue weighted by Crippen LogP contribution is -3.18. The number of Topliss-reactive ketones (excluding diaryl/α,β-unsaturated/α-hetero) is 1. The molecule has 1 aromatic carbocycles. The molecule has 1 atom stereocenters. The van der Waals surface area contributed by atoms with E-state index >= 15 is 0 Å². The zero-order valence-electron chi connectivity index (χ0n) is 18.5. The molecule has 0 amide bonds. The number of ketones is 1. The van der Waals surface area contributed by atoms with Gasteiger partial charge in [0.15, 0.2) is 6.04 Å². The summed E-state index contributed by atoms with van der Waals surface area (Å²) in [4.78, 5) is 32.2. The predicted octanol–water partition coefficient (Wildman–Crippen LogP) is 1.79. The molecule has 0 aliphatic carbocycles. The third-order valence-electron chi connectivity index (χ3n) is 6.01. The number of quaternary nitrogens is 1. The van der Waals surface area contributed by atoms with Crippen molar-refractivity contribution in [2.45, 2.75) is 33.7 Å². The number of carbonyl (C=O) groups excluding carboxylic acids is 2. The second-order valence-electron chi connectivity index (χ2n) is 7.77. The van der Waals surface area contributed by atoms with E-state index in [1.807, 2.05) is 26.0 Å². The highest BCUT2D eigenvalue weighted by Gasteiger charge is 2.33. The number of H-pyrrole nitrogens is 1. The minimum atomic E-state index is -0.379. The molecule has 7 heteroatoms. The van der Waals surface area contributed by atoms with Crippen molar-refractivity contribution >= 4 is 17.4 Å². The van der Waals surface area contributed by atoms with Gasteiger partial charge in [-0.2, -0.15) is 0 Å². The highest BCUT2D eigenvalue weighted by atomic mass is 16.5. The minimum absolute atomic E-state index is 0.0408. The van der Waals surface area contributed by atoms with E-state index in [4.69, 9.17) is 9.47 Å². The fraction of sp³-hybridized carbons (Fsp3) is 0.478. The molecule has 0 unspecified atom stereocenters. The van der Waals surface area contributed by atoms with Crippen molar-refractivity contribution in [3.8, 4) is 5.75 Å². The molecule has 0 spiro atoms. The van der Waals surface area contributed by atoms with Gasteiger partial charge in [0.2, 0.25) is 5.78 Å². The summed E-state index contributed by atoms with van der Waals surface area (Å²) in [5.74, 6) is 0.510. The van der Waals surface area contributed by atoms with Crippen LogP contribution in [0.1, 0.15) is 46.0 Å². The first-order valence-electron chi connectivity index (χ1n) is 10.5. The smallest absolute Gasteiger partial charge is 0.340 e. The number of ether oxygens (including phenoxy) is 2. The number of rotatable bonds is 7. The van der Waals surface area contributed by atoms with Gasteiger partial charge in [0, 0.05) is 11.4 Å². The summed E-state index contributed by atoms with van der Waals surface area (Å²) >= 11 is 0. The van der Waals surface area contributed by atoms with Crippen molar-refractivity contribution in [3.05, 3.63) is 46.8 Å². The molecule has 1 saturated heterocycles. The number of aromatic nitrogens is 1. The average Bonchev–Trinajstić information content (AvgIpc) is 3.07. The topological polar surface area (TPSA) is 76.1 Å². The number of hydrogen-bond acceptors (Lipinski definition) is 5. The molecule has 1 aliphatic rings. The fourth-order valence-electron chi connectivity index (χ4n) is 4.19. The van der Waals surface area contributed by atoms with Gasteiger partial charge in [0.25, 0.3) is 0 Å². The van der Waals surface area contributed by atoms with Gasteiger partial charge in [-0.25, -0.2) is 4.79 Å². The van der Waals surface area contributed by atoms with Crippen molar-refractivity contribution in [2.24, 2.45) is 0 Å². The van der Waals surface area contributed by atoms with E-state index in [2.05, 4.69) is 22.0 Å². The number of methoxy groups -OCH3 is 1. The van der Waals surface area contributed by atoms with Crippen LogP contribution in [0.4, 0.5) is 5.69 Å². The van der Waals surface area contributed by atoms with Crippen LogP contribution in [-0.4, -0.2) is 62.7 Å². The molecule has 0 bridgehead atoms. The SMILES string of the molecule is CCOC(=O)c1c(C)[nH]c(C(=O)[C@@H](C)[NH+]2CCN(c3ccc(OC)cc3)CC2)c1C. The fourth-order valence-corrected chi connectivity index (χ4v) is 4.19. The van der Waals surface area contributed by atoms with Gasteiger partial charge in [-0.1, -0.05) is 0 Å². The zero-order valence-corrected chi connectivity index (χ0v) is 18.5. The van der Waals surface area contributed by atoms with Crippen LogP contribution in [0, 0.1) is 13.8 Å². The molecule has 2 aromatic rings.